The average Bonchev–Trinajstić information content (AvgIpc) is 2.96. The SMILES string of the molecule is COc1ccc(CN(CC(C(=O)NC(C)(C)C)c2c(CO)cnc(C)c2O)C(=O)c2cnc3ccccc3c2Cl)cc1. The third-order valence-corrected chi connectivity index (χ3v) is 7.26. The van der Waals surface area contributed by atoms with Crippen molar-refractivity contribution >= 4 is 34.3 Å². The Balaban J connectivity index is 1.85. The van der Waals surface area contributed by atoms with Gasteiger partial charge in [0.2, 0.25) is 5.91 Å². The molecule has 1 atom stereocenters. The zero-order valence-corrected chi connectivity index (χ0v) is 25.1. The fourth-order valence-corrected chi connectivity index (χ4v) is 5.04. The normalized spacial score (nSPS) is 12.2. The summed E-state index contributed by atoms with van der Waals surface area (Å²) >= 11 is 6.76. The van der Waals surface area contributed by atoms with Crippen molar-refractivity contribution in [3.63, 3.8) is 0 Å². The number of hydrogen-bond donors (Lipinski definition) is 3. The largest absolute Gasteiger partial charge is 0.506 e. The summed E-state index contributed by atoms with van der Waals surface area (Å²) in [5, 5.41) is 25.1. The van der Waals surface area contributed by atoms with Crippen LogP contribution in [0.5, 0.6) is 11.5 Å². The van der Waals surface area contributed by atoms with Crippen molar-refractivity contribution in [2.45, 2.75) is 52.3 Å². The summed E-state index contributed by atoms with van der Waals surface area (Å²) in [7, 11) is 1.57. The average molecular weight is 591 g/mol. The molecular weight excluding hydrogens is 556 g/mol. The Labute approximate surface area is 250 Å². The predicted molar refractivity (Wildman–Crippen MR) is 162 cm³/mol. The van der Waals surface area contributed by atoms with Crippen molar-refractivity contribution in [1.29, 1.82) is 0 Å². The number of aliphatic hydroxyl groups is 1. The molecule has 42 heavy (non-hydrogen) atoms. The molecule has 1 unspecified atom stereocenters. The van der Waals surface area contributed by atoms with Crippen LogP contribution in [0.4, 0.5) is 0 Å². The Bertz CT molecular complexity index is 1600. The van der Waals surface area contributed by atoms with E-state index in [4.69, 9.17) is 16.3 Å². The predicted octanol–water partition coefficient (Wildman–Crippen LogP) is 5.14. The maximum atomic E-state index is 14.2. The van der Waals surface area contributed by atoms with Crippen LogP contribution in [-0.4, -0.2) is 56.1 Å². The zero-order valence-electron chi connectivity index (χ0n) is 24.3. The van der Waals surface area contributed by atoms with Gasteiger partial charge in [0.15, 0.2) is 0 Å². The number of aryl methyl sites for hydroxylation is 1. The van der Waals surface area contributed by atoms with Gasteiger partial charge in [0, 0.05) is 47.5 Å². The van der Waals surface area contributed by atoms with Gasteiger partial charge in [-0.2, -0.15) is 0 Å². The van der Waals surface area contributed by atoms with Gasteiger partial charge in [-0.3, -0.25) is 19.6 Å². The Morgan fingerprint density at radius 2 is 1.76 bits per heavy atom. The van der Waals surface area contributed by atoms with E-state index in [9.17, 15) is 19.8 Å². The summed E-state index contributed by atoms with van der Waals surface area (Å²) in [4.78, 5) is 38.2. The Hall–Kier alpha value is -4.21. The lowest BCUT2D eigenvalue weighted by Gasteiger charge is -2.31. The molecule has 0 fully saturated rings. The molecule has 0 aliphatic carbocycles. The summed E-state index contributed by atoms with van der Waals surface area (Å²) in [5.74, 6) is -1.47. The van der Waals surface area contributed by atoms with Crippen LogP contribution in [0.15, 0.2) is 60.9 Å². The summed E-state index contributed by atoms with van der Waals surface area (Å²) < 4.78 is 5.28. The zero-order chi connectivity index (χ0) is 30.6. The van der Waals surface area contributed by atoms with Gasteiger partial charge in [0.1, 0.15) is 11.5 Å². The van der Waals surface area contributed by atoms with E-state index in [1.54, 1.807) is 32.2 Å². The molecule has 0 aliphatic rings. The van der Waals surface area contributed by atoms with Gasteiger partial charge in [-0.05, 0) is 51.5 Å². The number of hydrogen-bond acceptors (Lipinski definition) is 7. The monoisotopic (exact) mass is 590 g/mol. The molecule has 9 nitrogen and oxygen atoms in total. The highest BCUT2D eigenvalue weighted by atomic mass is 35.5. The molecule has 0 saturated carbocycles. The molecule has 4 aromatic rings. The van der Waals surface area contributed by atoms with Crippen molar-refractivity contribution in [2.75, 3.05) is 13.7 Å². The number of carbonyl (C=O) groups excluding carboxylic acids is 2. The summed E-state index contributed by atoms with van der Waals surface area (Å²) in [6, 6.07) is 14.5. The third kappa shape index (κ3) is 6.80. The van der Waals surface area contributed by atoms with Crippen molar-refractivity contribution in [2.24, 2.45) is 0 Å². The van der Waals surface area contributed by atoms with Crippen LogP contribution in [0.2, 0.25) is 5.02 Å². The Morgan fingerprint density at radius 3 is 2.40 bits per heavy atom. The number of carbonyl (C=O) groups is 2. The van der Waals surface area contributed by atoms with Crippen molar-refractivity contribution < 1.29 is 24.5 Å². The van der Waals surface area contributed by atoms with Gasteiger partial charge >= 0.3 is 0 Å². The topological polar surface area (TPSA) is 125 Å². The highest BCUT2D eigenvalue weighted by molar-refractivity contribution is 6.38. The summed E-state index contributed by atoms with van der Waals surface area (Å²) in [6.07, 6.45) is 2.87. The first-order valence-corrected chi connectivity index (χ1v) is 13.9. The van der Waals surface area contributed by atoms with E-state index in [0.29, 0.717) is 22.3 Å². The second-order valence-corrected chi connectivity index (χ2v) is 11.5. The number of amides is 2. The Morgan fingerprint density at radius 1 is 1.07 bits per heavy atom. The Kier molecular flexibility index (Phi) is 9.33. The van der Waals surface area contributed by atoms with Crippen molar-refractivity contribution in [1.82, 2.24) is 20.2 Å². The number of para-hydroxylation sites is 1. The minimum Gasteiger partial charge on any atom is -0.506 e. The second kappa shape index (κ2) is 12.8. The fraction of sp³-hybridized carbons (Fsp3) is 0.312. The van der Waals surface area contributed by atoms with Crippen molar-refractivity contribution in [3.8, 4) is 11.5 Å². The maximum Gasteiger partial charge on any atom is 0.257 e. The number of benzene rings is 2. The molecule has 3 N–H and O–H groups in total. The lowest BCUT2D eigenvalue weighted by molar-refractivity contribution is -0.124. The molecule has 220 valence electrons. The highest BCUT2D eigenvalue weighted by Crippen LogP contribution is 2.34. The van der Waals surface area contributed by atoms with Crippen LogP contribution in [0.25, 0.3) is 10.9 Å². The molecule has 0 radical (unpaired) electrons. The fourth-order valence-electron chi connectivity index (χ4n) is 4.75. The van der Waals surface area contributed by atoms with E-state index >= 15 is 0 Å². The first-order valence-electron chi connectivity index (χ1n) is 13.5. The standard InChI is InChI=1S/C32H35ClN4O5/c1-19-29(39)27(21(18-38)14-34-19)25(30(40)36-32(2,3)4)17-37(16-20-10-12-22(42-5)13-11-20)31(41)24-15-35-26-9-7-6-8-23(26)28(24)33/h6-15,25,38-39H,16-18H2,1-5H3,(H,36,40). The molecule has 0 aliphatic heterocycles. The van der Waals surface area contributed by atoms with Crippen LogP contribution in [-0.2, 0) is 17.9 Å². The number of aromatic hydroxyl groups is 1. The van der Waals surface area contributed by atoms with E-state index in [2.05, 4.69) is 15.3 Å². The summed E-state index contributed by atoms with van der Waals surface area (Å²) in [5.41, 5.74) is 1.79. The second-order valence-electron chi connectivity index (χ2n) is 11.1. The molecular formula is C32H35ClN4O5. The molecule has 4 rings (SSSR count). The van der Waals surface area contributed by atoms with Gasteiger partial charge in [-0.25, -0.2) is 0 Å². The van der Waals surface area contributed by atoms with E-state index in [0.717, 1.165) is 5.56 Å². The summed E-state index contributed by atoms with van der Waals surface area (Å²) in [6.45, 7) is 6.65. The van der Waals surface area contributed by atoms with E-state index in [-0.39, 0.29) is 40.6 Å². The first kappa shape index (κ1) is 30.7. The number of halogens is 1. The van der Waals surface area contributed by atoms with Crippen LogP contribution >= 0.6 is 11.6 Å². The van der Waals surface area contributed by atoms with Gasteiger partial charge in [-0.15, -0.1) is 0 Å². The maximum absolute atomic E-state index is 14.2. The first-order chi connectivity index (χ1) is 19.9. The number of rotatable bonds is 9. The third-order valence-electron chi connectivity index (χ3n) is 6.85. The van der Waals surface area contributed by atoms with Gasteiger partial charge < -0.3 is 25.2 Å². The quantitative estimate of drug-likeness (QED) is 0.246. The number of methoxy groups -OCH3 is 1. The lowest BCUT2D eigenvalue weighted by atomic mass is 9.91. The molecule has 10 heteroatoms. The number of pyridine rings is 2. The van der Waals surface area contributed by atoms with E-state index in [1.165, 1.54) is 17.3 Å². The molecule has 0 spiro atoms. The highest BCUT2D eigenvalue weighted by Gasteiger charge is 2.34. The minimum absolute atomic E-state index is 0.116. The van der Waals surface area contributed by atoms with Gasteiger partial charge in [0.05, 0.1) is 41.4 Å². The van der Waals surface area contributed by atoms with Crippen LogP contribution < -0.4 is 10.1 Å². The van der Waals surface area contributed by atoms with Gasteiger partial charge in [0.25, 0.3) is 5.91 Å². The molecule has 2 aromatic carbocycles. The molecule has 2 amide bonds. The number of nitrogens with zero attached hydrogens (tertiary/aromatic N) is 3. The smallest absolute Gasteiger partial charge is 0.257 e. The van der Waals surface area contributed by atoms with Crippen LogP contribution in [0.1, 0.15) is 59.4 Å². The lowest BCUT2D eigenvalue weighted by Crippen LogP contribution is -2.47. The molecule has 2 heterocycles. The minimum atomic E-state index is -1.05. The number of nitrogens with one attached hydrogen (secondary N) is 1. The van der Waals surface area contributed by atoms with Crippen LogP contribution in [0, 0.1) is 6.92 Å². The van der Waals surface area contributed by atoms with Gasteiger partial charge in [-0.1, -0.05) is 41.9 Å². The number of aliphatic hydroxyl groups excluding tert-OH is 1. The molecule has 2 aromatic heterocycles. The van der Waals surface area contributed by atoms with Crippen LogP contribution in [0.3, 0.4) is 0 Å². The molecule has 0 saturated heterocycles. The molecule has 0 bridgehead atoms. The number of aromatic nitrogens is 2. The van der Waals surface area contributed by atoms with Crippen molar-refractivity contribution in [3.05, 3.63) is 93.9 Å². The van der Waals surface area contributed by atoms with E-state index in [1.807, 2.05) is 51.1 Å². The van der Waals surface area contributed by atoms with E-state index < -0.39 is 29.9 Å². The number of ether oxygens (including phenoxy) is 1. The number of fused-ring (bicyclic) bond motifs is 1.